The van der Waals surface area contributed by atoms with Gasteiger partial charge in [0.15, 0.2) is 0 Å². The van der Waals surface area contributed by atoms with E-state index in [2.05, 4.69) is 53.5 Å². The normalized spacial score (nSPS) is 10.2. The third-order valence-electron chi connectivity index (χ3n) is 3.34. The van der Waals surface area contributed by atoms with Gasteiger partial charge in [0.2, 0.25) is 0 Å². The average Bonchev–Trinajstić information content (AvgIpc) is 2.45. The van der Waals surface area contributed by atoms with E-state index in [1.165, 1.54) is 11.3 Å². The van der Waals surface area contributed by atoms with Crippen LogP contribution in [0.3, 0.4) is 0 Å². The molecule has 3 nitrogen and oxygen atoms in total. The molecule has 0 spiro atoms. The number of anilines is 2. The number of nitrogens with one attached hydrogen (secondary N) is 1. The molecule has 0 bridgehead atoms. The molecule has 0 aliphatic heterocycles. The Labute approximate surface area is 121 Å². The highest BCUT2D eigenvalue weighted by molar-refractivity contribution is 5.54. The van der Waals surface area contributed by atoms with Gasteiger partial charge in [-0.3, -0.25) is 0 Å². The van der Waals surface area contributed by atoms with Gasteiger partial charge < -0.3 is 15.0 Å². The quantitative estimate of drug-likeness (QED) is 0.897. The fourth-order valence-electron chi connectivity index (χ4n) is 2.13. The molecule has 2 aromatic rings. The van der Waals surface area contributed by atoms with Crippen molar-refractivity contribution in [3.05, 3.63) is 53.6 Å². The van der Waals surface area contributed by atoms with Crippen molar-refractivity contribution in [2.75, 3.05) is 31.4 Å². The number of benzene rings is 2. The molecule has 2 rings (SSSR count). The van der Waals surface area contributed by atoms with Crippen LogP contribution in [0.2, 0.25) is 0 Å². The van der Waals surface area contributed by atoms with Crippen molar-refractivity contribution in [1.29, 1.82) is 0 Å². The highest BCUT2D eigenvalue weighted by Gasteiger charge is 2.00. The first-order chi connectivity index (χ1) is 9.60. The fourth-order valence-corrected chi connectivity index (χ4v) is 2.13. The number of hydrogen-bond donors (Lipinski definition) is 1. The van der Waals surface area contributed by atoms with E-state index in [-0.39, 0.29) is 0 Å². The van der Waals surface area contributed by atoms with Crippen molar-refractivity contribution < 1.29 is 4.74 Å². The Morgan fingerprint density at radius 1 is 1.05 bits per heavy atom. The predicted octanol–water partition coefficient (Wildman–Crippen LogP) is 3.68. The summed E-state index contributed by atoms with van der Waals surface area (Å²) < 4.78 is 5.27. The van der Waals surface area contributed by atoms with E-state index in [1.54, 1.807) is 7.11 Å². The molecule has 0 heterocycles. The van der Waals surface area contributed by atoms with Crippen LogP contribution in [0.5, 0.6) is 5.75 Å². The van der Waals surface area contributed by atoms with Gasteiger partial charge >= 0.3 is 0 Å². The topological polar surface area (TPSA) is 24.5 Å². The van der Waals surface area contributed by atoms with Crippen LogP contribution in [-0.2, 0) is 6.54 Å². The Morgan fingerprint density at radius 2 is 1.75 bits per heavy atom. The molecule has 0 saturated heterocycles. The molecule has 0 aliphatic carbocycles. The smallest absolute Gasteiger partial charge is 0.121 e. The van der Waals surface area contributed by atoms with E-state index in [9.17, 15) is 0 Å². The van der Waals surface area contributed by atoms with E-state index in [4.69, 9.17) is 4.74 Å². The summed E-state index contributed by atoms with van der Waals surface area (Å²) in [6.07, 6.45) is 0. The van der Waals surface area contributed by atoms with Crippen LogP contribution in [0.15, 0.2) is 42.5 Å². The van der Waals surface area contributed by atoms with Gasteiger partial charge in [-0.1, -0.05) is 12.1 Å². The van der Waals surface area contributed by atoms with Crippen molar-refractivity contribution >= 4 is 11.4 Å². The highest BCUT2D eigenvalue weighted by atomic mass is 16.5. The summed E-state index contributed by atoms with van der Waals surface area (Å²) in [6, 6.07) is 14.7. The molecule has 0 aromatic heterocycles. The lowest BCUT2D eigenvalue weighted by Gasteiger charge is -2.14. The van der Waals surface area contributed by atoms with Gasteiger partial charge in [-0.05, 0) is 48.4 Å². The van der Waals surface area contributed by atoms with Gasteiger partial charge in [-0.2, -0.15) is 0 Å². The molecular weight excluding hydrogens is 248 g/mol. The van der Waals surface area contributed by atoms with Gasteiger partial charge in [-0.15, -0.1) is 0 Å². The number of nitrogens with zero attached hydrogens (tertiary/aromatic N) is 1. The molecule has 0 saturated carbocycles. The number of aryl methyl sites for hydroxylation is 1. The predicted molar refractivity (Wildman–Crippen MR) is 85.8 cm³/mol. The summed E-state index contributed by atoms with van der Waals surface area (Å²) >= 11 is 0. The molecule has 2 aromatic carbocycles. The monoisotopic (exact) mass is 270 g/mol. The van der Waals surface area contributed by atoms with Crippen LogP contribution < -0.4 is 15.0 Å². The van der Waals surface area contributed by atoms with Crippen LogP contribution in [0.25, 0.3) is 0 Å². The van der Waals surface area contributed by atoms with Gasteiger partial charge in [0.05, 0.1) is 7.11 Å². The lowest BCUT2D eigenvalue weighted by atomic mass is 10.1. The second-order valence-corrected chi connectivity index (χ2v) is 5.10. The molecule has 0 amide bonds. The van der Waals surface area contributed by atoms with Crippen molar-refractivity contribution in [2.24, 2.45) is 0 Å². The molecule has 0 aliphatic rings. The minimum atomic E-state index is 0.812. The van der Waals surface area contributed by atoms with E-state index >= 15 is 0 Å². The van der Waals surface area contributed by atoms with Crippen LogP contribution in [0, 0.1) is 6.92 Å². The molecule has 0 fully saturated rings. The maximum atomic E-state index is 5.27. The lowest BCUT2D eigenvalue weighted by Crippen LogP contribution is -2.08. The third kappa shape index (κ3) is 3.44. The first kappa shape index (κ1) is 14.3. The second kappa shape index (κ2) is 6.33. The van der Waals surface area contributed by atoms with Crippen LogP contribution >= 0.6 is 0 Å². The zero-order chi connectivity index (χ0) is 14.5. The summed E-state index contributed by atoms with van der Waals surface area (Å²) in [5, 5.41) is 3.43. The summed E-state index contributed by atoms with van der Waals surface area (Å²) in [5.41, 5.74) is 4.75. The van der Waals surface area contributed by atoms with E-state index < -0.39 is 0 Å². The van der Waals surface area contributed by atoms with Crippen LogP contribution in [-0.4, -0.2) is 21.2 Å². The summed E-state index contributed by atoms with van der Waals surface area (Å²) in [6.45, 7) is 2.88. The number of hydrogen-bond acceptors (Lipinski definition) is 3. The average molecular weight is 270 g/mol. The van der Waals surface area contributed by atoms with E-state index in [1.807, 2.05) is 20.2 Å². The van der Waals surface area contributed by atoms with Gasteiger partial charge in [-0.25, -0.2) is 0 Å². The maximum absolute atomic E-state index is 5.27. The van der Waals surface area contributed by atoms with E-state index in [0.717, 1.165) is 23.5 Å². The van der Waals surface area contributed by atoms with Crippen molar-refractivity contribution in [1.82, 2.24) is 0 Å². The van der Waals surface area contributed by atoms with Crippen molar-refractivity contribution in [3.8, 4) is 5.75 Å². The van der Waals surface area contributed by atoms with Gasteiger partial charge in [0.1, 0.15) is 5.75 Å². The van der Waals surface area contributed by atoms with Crippen LogP contribution in [0.4, 0.5) is 11.4 Å². The largest absolute Gasteiger partial charge is 0.496 e. The SMILES string of the molecule is COc1ccc(CNc2ccc(N(C)C)cc2)cc1C. The Balaban J connectivity index is 1.99. The number of methoxy groups -OCH3 is 1. The molecule has 0 atom stereocenters. The third-order valence-corrected chi connectivity index (χ3v) is 3.34. The van der Waals surface area contributed by atoms with Gasteiger partial charge in [0, 0.05) is 32.0 Å². The van der Waals surface area contributed by atoms with E-state index in [0.29, 0.717) is 0 Å². The Kier molecular flexibility index (Phi) is 4.51. The molecule has 106 valence electrons. The number of ether oxygens (including phenoxy) is 1. The van der Waals surface area contributed by atoms with Crippen molar-refractivity contribution in [3.63, 3.8) is 0 Å². The number of rotatable bonds is 5. The summed E-state index contributed by atoms with van der Waals surface area (Å²) in [5.74, 6) is 0.934. The Hall–Kier alpha value is -2.16. The second-order valence-electron chi connectivity index (χ2n) is 5.10. The molecule has 0 radical (unpaired) electrons. The molecule has 3 heteroatoms. The highest BCUT2D eigenvalue weighted by Crippen LogP contribution is 2.20. The zero-order valence-corrected chi connectivity index (χ0v) is 12.6. The fraction of sp³-hybridized carbons (Fsp3) is 0.294. The minimum absolute atomic E-state index is 0.812. The first-order valence-electron chi connectivity index (χ1n) is 6.75. The van der Waals surface area contributed by atoms with Crippen LogP contribution in [0.1, 0.15) is 11.1 Å². The van der Waals surface area contributed by atoms with Crippen molar-refractivity contribution in [2.45, 2.75) is 13.5 Å². The maximum Gasteiger partial charge on any atom is 0.121 e. The Bertz CT molecular complexity index is 562. The molecular formula is C17H22N2O. The summed E-state index contributed by atoms with van der Waals surface area (Å²) in [7, 11) is 5.79. The molecule has 20 heavy (non-hydrogen) atoms. The molecule has 1 N–H and O–H groups in total. The lowest BCUT2D eigenvalue weighted by molar-refractivity contribution is 0.411. The summed E-state index contributed by atoms with van der Waals surface area (Å²) in [4.78, 5) is 2.09. The minimum Gasteiger partial charge on any atom is -0.496 e. The van der Waals surface area contributed by atoms with Gasteiger partial charge in [0.25, 0.3) is 0 Å². The first-order valence-corrected chi connectivity index (χ1v) is 6.75. The standard InChI is InChI=1S/C17H22N2O/c1-13-11-14(5-10-17(13)20-4)12-18-15-6-8-16(9-7-15)19(2)3/h5-11,18H,12H2,1-4H3. The Morgan fingerprint density at radius 3 is 2.30 bits per heavy atom. The zero-order valence-electron chi connectivity index (χ0n) is 12.6. The molecule has 0 unspecified atom stereocenters.